The molecule has 1 atom stereocenters. The van der Waals surface area contributed by atoms with Crippen molar-refractivity contribution in [2.45, 2.75) is 25.5 Å². The maximum atomic E-state index is 12.0. The van der Waals surface area contributed by atoms with Gasteiger partial charge >= 0.3 is 0 Å². The molecule has 118 valence electrons. The minimum absolute atomic E-state index is 0. The summed E-state index contributed by atoms with van der Waals surface area (Å²) in [5.74, 6) is 0.0722. The predicted molar refractivity (Wildman–Crippen MR) is 87.0 cm³/mol. The molecule has 0 aromatic heterocycles. The largest absolute Gasteiger partial charge is 0.377 e. The highest BCUT2D eigenvalue weighted by Gasteiger charge is 2.16. The molecule has 1 fully saturated rings. The van der Waals surface area contributed by atoms with Crippen molar-refractivity contribution < 1.29 is 9.53 Å². The molecule has 1 heterocycles. The van der Waals surface area contributed by atoms with Gasteiger partial charge in [-0.15, -0.1) is 12.4 Å². The molecule has 0 bridgehead atoms. The highest BCUT2D eigenvalue weighted by atomic mass is 35.5. The van der Waals surface area contributed by atoms with Crippen molar-refractivity contribution in [3.05, 3.63) is 34.9 Å². The van der Waals surface area contributed by atoms with E-state index in [9.17, 15) is 4.79 Å². The van der Waals surface area contributed by atoms with E-state index in [1.54, 1.807) is 11.9 Å². The summed E-state index contributed by atoms with van der Waals surface area (Å²) in [6, 6.07) is 7.57. The number of nitrogens with one attached hydrogen (secondary N) is 1. The van der Waals surface area contributed by atoms with Crippen molar-refractivity contribution in [3.8, 4) is 0 Å². The van der Waals surface area contributed by atoms with Gasteiger partial charge in [0.15, 0.2) is 0 Å². The molecule has 6 heteroatoms. The number of amides is 1. The second-order valence-corrected chi connectivity index (χ2v) is 5.58. The third-order valence-electron chi connectivity index (χ3n) is 3.41. The zero-order valence-corrected chi connectivity index (χ0v) is 13.8. The Morgan fingerprint density at radius 3 is 3.00 bits per heavy atom. The molecular formula is C15H22Cl2N2O2. The van der Waals surface area contributed by atoms with Gasteiger partial charge in [-0.25, -0.2) is 0 Å². The minimum atomic E-state index is 0. The third kappa shape index (κ3) is 6.22. The fourth-order valence-corrected chi connectivity index (χ4v) is 2.49. The van der Waals surface area contributed by atoms with Crippen LogP contribution in [0.5, 0.6) is 0 Å². The molecule has 0 spiro atoms. The number of likely N-dealkylation sites (N-methyl/N-ethyl adjacent to an activating group) is 1. The number of hydrogen-bond acceptors (Lipinski definition) is 3. The first-order valence-electron chi connectivity index (χ1n) is 6.96. The van der Waals surface area contributed by atoms with Crippen LogP contribution in [0.3, 0.4) is 0 Å². The molecule has 1 aliphatic heterocycles. The summed E-state index contributed by atoms with van der Waals surface area (Å²) in [7, 11) is 1.80. The molecule has 0 radical (unpaired) electrons. The molecular weight excluding hydrogens is 311 g/mol. The van der Waals surface area contributed by atoms with Gasteiger partial charge < -0.3 is 15.0 Å². The van der Waals surface area contributed by atoms with Crippen LogP contribution in [-0.2, 0) is 16.1 Å². The van der Waals surface area contributed by atoms with E-state index in [1.807, 2.05) is 24.3 Å². The van der Waals surface area contributed by atoms with Crippen molar-refractivity contribution in [1.82, 2.24) is 10.2 Å². The van der Waals surface area contributed by atoms with Gasteiger partial charge in [0.05, 0.1) is 12.6 Å². The normalized spacial score (nSPS) is 17.3. The lowest BCUT2D eigenvalue weighted by molar-refractivity contribution is -0.129. The molecule has 1 N–H and O–H groups in total. The fourth-order valence-electron chi connectivity index (χ4n) is 2.28. The summed E-state index contributed by atoms with van der Waals surface area (Å²) in [5.41, 5.74) is 1.03. The van der Waals surface area contributed by atoms with Gasteiger partial charge in [-0.05, 0) is 30.5 Å². The average molecular weight is 333 g/mol. The highest BCUT2D eigenvalue weighted by molar-refractivity contribution is 6.30. The van der Waals surface area contributed by atoms with E-state index < -0.39 is 0 Å². The predicted octanol–water partition coefficient (Wildman–Crippen LogP) is 2.49. The maximum Gasteiger partial charge on any atom is 0.236 e. The Labute approximate surface area is 137 Å². The van der Waals surface area contributed by atoms with Crippen molar-refractivity contribution in [3.63, 3.8) is 0 Å². The molecule has 0 saturated carbocycles. The zero-order valence-electron chi connectivity index (χ0n) is 12.2. The number of halogens is 2. The van der Waals surface area contributed by atoms with Gasteiger partial charge in [0.2, 0.25) is 5.91 Å². The van der Waals surface area contributed by atoms with Crippen LogP contribution in [0.1, 0.15) is 18.4 Å². The van der Waals surface area contributed by atoms with Crippen LogP contribution in [0.2, 0.25) is 5.02 Å². The first-order chi connectivity index (χ1) is 9.65. The molecule has 4 nitrogen and oxygen atoms in total. The second-order valence-electron chi connectivity index (χ2n) is 5.15. The SMILES string of the molecule is CN(Cc1cccc(Cl)c1)C(=O)CNCC1CCCO1.Cl. The Morgan fingerprint density at radius 2 is 2.33 bits per heavy atom. The Balaban J connectivity index is 0.00000220. The number of rotatable bonds is 6. The van der Waals surface area contributed by atoms with Crippen molar-refractivity contribution in [2.24, 2.45) is 0 Å². The van der Waals surface area contributed by atoms with E-state index >= 15 is 0 Å². The Hall–Kier alpha value is -0.810. The third-order valence-corrected chi connectivity index (χ3v) is 3.64. The molecule has 1 unspecified atom stereocenters. The lowest BCUT2D eigenvalue weighted by Crippen LogP contribution is -2.38. The van der Waals surface area contributed by atoms with E-state index in [2.05, 4.69) is 5.32 Å². The van der Waals surface area contributed by atoms with Crippen molar-refractivity contribution in [2.75, 3.05) is 26.7 Å². The highest BCUT2D eigenvalue weighted by Crippen LogP contribution is 2.12. The summed E-state index contributed by atoms with van der Waals surface area (Å²) >= 11 is 5.93. The number of carbonyl (C=O) groups is 1. The van der Waals surface area contributed by atoms with Gasteiger partial charge in [0.25, 0.3) is 0 Å². The summed E-state index contributed by atoms with van der Waals surface area (Å²) < 4.78 is 5.50. The molecule has 1 aliphatic rings. The Kier molecular flexibility index (Phi) is 8.04. The van der Waals surface area contributed by atoms with Crippen LogP contribution >= 0.6 is 24.0 Å². The van der Waals surface area contributed by atoms with E-state index in [4.69, 9.17) is 16.3 Å². The van der Waals surface area contributed by atoms with E-state index in [0.29, 0.717) is 18.1 Å². The zero-order chi connectivity index (χ0) is 14.4. The van der Waals surface area contributed by atoms with Crippen LogP contribution in [0.25, 0.3) is 0 Å². The maximum absolute atomic E-state index is 12.0. The number of hydrogen-bond donors (Lipinski definition) is 1. The Morgan fingerprint density at radius 1 is 1.52 bits per heavy atom. The first-order valence-corrected chi connectivity index (χ1v) is 7.33. The summed E-state index contributed by atoms with van der Waals surface area (Å²) in [6.45, 7) is 2.50. The Bertz CT molecular complexity index is 451. The smallest absolute Gasteiger partial charge is 0.236 e. The molecule has 1 aromatic carbocycles. The van der Waals surface area contributed by atoms with E-state index in [0.717, 1.165) is 31.6 Å². The van der Waals surface area contributed by atoms with Crippen LogP contribution < -0.4 is 5.32 Å². The van der Waals surface area contributed by atoms with Crippen LogP contribution in [0.15, 0.2) is 24.3 Å². The topological polar surface area (TPSA) is 41.6 Å². The van der Waals surface area contributed by atoms with Gasteiger partial charge in [0.1, 0.15) is 0 Å². The monoisotopic (exact) mass is 332 g/mol. The summed E-state index contributed by atoms with van der Waals surface area (Å²) in [5, 5.41) is 3.86. The van der Waals surface area contributed by atoms with Gasteiger partial charge in [-0.1, -0.05) is 23.7 Å². The number of ether oxygens (including phenoxy) is 1. The average Bonchev–Trinajstić information content (AvgIpc) is 2.91. The quantitative estimate of drug-likeness (QED) is 0.870. The standard InChI is InChI=1S/C15H21ClN2O2.ClH/c1-18(11-12-4-2-5-13(16)8-12)15(19)10-17-9-14-6-3-7-20-14;/h2,4-5,8,14,17H,3,6-7,9-11H2,1H3;1H. The van der Waals surface area contributed by atoms with E-state index in [1.165, 1.54) is 0 Å². The van der Waals surface area contributed by atoms with Crippen molar-refractivity contribution >= 4 is 29.9 Å². The molecule has 21 heavy (non-hydrogen) atoms. The van der Waals surface area contributed by atoms with Crippen LogP contribution in [0.4, 0.5) is 0 Å². The minimum Gasteiger partial charge on any atom is -0.377 e. The lowest BCUT2D eigenvalue weighted by atomic mass is 10.2. The molecule has 1 amide bonds. The number of benzene rings is 1. The second kappa shape index (κ2) is 9.26. The van der Waals surface area contributed by atoms with Gasteiger partial charge in [-0.3, -0.25) is 4.79 Å². The van der Waals surface area contributed by atoms with Crippen LogP contribution in [0, 0.1) is 0 Å². The van der Waals surface area contributed by atoms with Crippen molar-refractivity contribution in [1.29, 1.82) is 0 Å². The van der Waals surface area contributed by atoms with Gasteiger partial charge in [-0.2, -0.15) is 0 Å². The van der Waals surface area contributed by atoms with Gasteiger partial charge in [0, 0.05) is 31.8 Å². The molecule has 1 saturated heterocycles. The number of nitrogens with zero attached hydrogens (tertiary/aromatic N) is 1. The lowest BCUT2D eigenvalue weighted by Gasteiger charge is -2.18. The molecule has 0 aliphatic carbocycles. The molecule has 1 aromatic rings. The number of carbonyl (C=O) groups excluding carboxylic acids is 1. The first kappa shape index (κ1) is 18.2. The van der Waals surface area contributed by atoms with Crippen LogP contribution in [-0.4, -0.2) is 43.7 Å². The fraction of sp³-hybridized carbons (Fsp3) is 0.533. The molecule has 2 rings (SSSR count). The van der Waals surface area contributed by atoms with E-state index in [-0.39, 0.29) is 24.4 Å². The summed E-state index contributed by atoms with van der Waals surface area (Å²) in [6.07, 6.45) is 2.47. The summed E-state index contributed by atoms with van der Waals surface area (Å²) in [4.78, 5) is 13.7.